The minimum atomic E-state index is 0.125. The van der Waals surface area contributed by atoms with Gasteiger partial charge in [0.2, 0.25) is 0 Å². The Labute approximate surface area is 166 Å². The molecule has 3 heteroatoms. The number of carbonyl (C=O) groups excluding carboxylic acids is 1. The van der Waals surface area contributed by atoms with Crippen LogP contribution in [0.25, 0.3) is 11.1 Å². The topological polar surface area (TPSA) is 66.9 Å². The quantitative estimate of drug-likeness (QED) is 0.530. The van der Waals surface area contributed by atoms with E-state index in [-0.39, 0.29) is 6.54 Å². The first-order chi connectivity index (χ1) is 13.0. The van der Waals surface area contributed by atoms with Crippen molar-refractivity contribution in [2.45, 2.75) is 60.8 Å². The predicted molar refractivity (Wildman–Crippen MR) is 118 cm³/mol. The number of hydrogen-bond donors (Lipinski definition) is 1. The molecule has 0 radical (unpaired) electrons. The maximum Gasteiger partial charge on any atom is 0.124 e. The Balaban J connectivity index is 0. The van der Waals surface area contributed by atoms with Crippen LogP contribution in [0.1, 0.15) is 57.2 Å². The highest BCUT2D eigenvalue weighted by Crippen LogP contribution is 2.22. The molecule has 0 aliphatic carbocycles. The van der Waals surface area contributed by atoms with E-state index < -0.39 is 0 Å². The van der Waals surface area contributed by atoms with Crippen LogP contribution in [0.15, 0.2) is 42.5 Å². The average molecular weight is 369 g/mol. The van der Waals surface area contributed by atoms with Crippen LogP contribution in [0, 0.1) is 25.2 Å². The van der Waals surface area contributed by atoms with Crippen LogP contribution in [0.4, 0.5) is 0 Å². The first kappa shape index (κ1) is 26.8. The first-order valence-electron chi connectivity index (χ1n) is 9.71. The maximum atomic E-state index is 10.5. The lowest BCUT2D eigenvalue weighted by atomic mass is 9.98. The summed E-state index contributed by atoms with van der Waals surface area (Å²) < 4.78 is 0. The second-order valence-electron chi connectivity index (χ2n) is 5.74. The van der Waals surface area contributed by atoms with Crippen molar-refractivity contribution in [2.24, 2.45) is 5.73 Å². The highest BCUT2D eigenvalue weighted by atomic mass is 16.1. The van der Waals surface area contributed by atoms with Gasteiger partial charge in [-0.15, -0.1) is 0 Å². The number of nitrogens with two attached hydrogens (primary N) is 1. The van der Waals surface area contributed by atoms with Crippen LogP contribution in [0.5, 0.6) is 0 Å². The largest absolute Gasteiger partial charge is 0.318 e. The zero-order valence-corrected chi connectivity index (χ0v) is 17.9. The van der Waals surface area contributed by atoms with Crippen LogP contribution < -0.4 is 5.73 Å². The summed E-state index contributed by atoms with van der Waals surface area (Å²) in [6.07, 6.45) is 4.09. The Kier molecular flexibility index (Phi) is 18.2. The molecule has 0 aliphatic heterocycles. The van der Waals surface area contributed by atoms with Gasteiger partial charge in [-0.3, -0.25) is 0 Å². The van der Waals surface area contributed by atoms with E-state index in [0.29, 0.717) is 6.42 Å². The summed E-state index contributed by atoms with van der Waals surface area (Å²) >= 11 is 0. The van der Waals surface area contributed by atoms with E-state index in [2.05, 4.69) is 69.8 Å². The van der Waals surface area contributed by atoms with E-state index in [0.717, 1.165) is 11.8 Å². The van der Waals surface area contributed by atoms with Gasteiger partial charge >= 0.3 is 0 Å². The fraction of sp³-hybridized carbons (Fsp3) is 0.417. The normalized spacial score (nSPS) is 8.52. The molecule has 148 valence electrons. The summed E-state index contributed by atoms with van der Waals surface area (Å²) in [6, 6.07) is 16.5. The van der Waals surface area contributed by atoms with E-state index in [4.69, 9.17) is 5.26 Å². The Morgan fingerprint density at radius 3 is 1.81 bits per heavy atom. The summed E-state index contributed by atoms with van der Waals surface area (Å²) in [4.78, 5) is 10.5. The van der Waals surface area contributed by atoms with Crippen molar-refractivity contribution in [3.8, 4) is 17.2 Å². The van der Waals surface area contributed by atoms with Gasteiger partial charge in [0.15, 0.2) is 0 Å². The molecule has 0 aliphatic rings. The number of aryl methyl sites for hydroxylation is 2. The van der Waals surface area contributed by atoms with Crippen LogP contribution >= 0.6 is 0 Å². The van der Waals surface area contributed by atoms with E-state index in [1.807, 2.05) is 19.9 Å². The Bertz CT molecular complexity index is 653. The van der Waals surface area contributed by atoms with Gasteiger partial charge in [0.05, 0.1) is 12.6 Å². The van der Waals surface area contributed by atoms with Gasteiger partial charge in [-0.05, 0) is 36.1 Å². The third-order valence-electron chi connectivity index (χ3n) is 3.62. The smallest absolute Gasteiger partial charge is 0.124 e. The zero-order valence-electron chi connectivity index (χ0n) is 17.9. The van der Waals surface area contributed by atoms with Crippen molar-refractivity contribution in [1.29, 1.82) is 5.26 Å². The Hall–Kier alpha value is -2.44. The molecule has 0 bridgehead atoms. The van der Waals surface area contributed by atoms with Crippen molar-refractivity contribution >= 4 is 6.29 Å². The highest BCUT2D eigenvalue weighted by molar-refractivity contribution is 5.66. The Morgan fingerprint density at radius 1 is 0.963 bits per heavy atom. The average Bonchev–Trinajstić information content (AvgIpc) is 2.72. The van der Waals surface area contributed by atoms with Gasteiger partial charge in [-0.2, -0.15) is 5.26 Å². The number of hydrogen-bond acceptors (Lipinski definition) is 3. The van der Waals surface area contributed by atoms with Crippen molar-refractivity contribution in [1.82, 2.24) is 0 Å². The van der Waals surface area contributed by atoms with E-state index >= 15 is 0 Å². The number of aldehydes is 1. The van der Waals surface area contributed by atoms with E-state index in [9.17, 15) is 4.79 Å². The first-order valence-corrected chi connectivity index (χ1v) is 9.71. The molecule has 0 aromatic heterocycles. The molecule has 0 unspecified atom stereocenters. The number of unbranched alkanes of at least 4 members (excludes halogenated alkanes) is 1. The fourth-order valence-corrected chi connectivity index (χ4v) is 1.94. The summed E-state index contributed by atoms with van der Waals surface area (Å²) in [5.74, 6) is 0. The molecule has 0 amide bonds. The van der Waals surface area contributed by atoms with Crippen molar-refractivity contribution in [3.63, 3.8) is 0 Å². The van der Waals surface area contributed by atoms with Gasteiger partial charge < -0.3 is 10.5 Å². The monoisotopic (exact) mass is 368 g/mol. The molecule has 3 nitrogen and oxygen atoms in total. The summed E-state index contributed by atoms with van der Waals surface area (Å²) in [6.45, 7) is 12.6. The third-order valence-corrected chi connectivity index (χ3v) is 3.62. The lowest BCUT2D eigenvalue weighted by Gasteiger charge is -2.07. The summed E-state index contributed by atoms with van der Waals surface area (Å²) in [7, 11) is 0. The molecule has 0 saturated carbocycles. The molecule has 2 aromatic carbocycles. The molecule has 0 atom stereocenters. The minimum absolute atomic E-state index is 0.125. The molecule has 2 rings (SSSR count). The number of nitriles is 1. The maximum absolute atomic E-state index is 10.5. The molecule has 0 spiro atoms. The SMILES string of the molecule is CC.CCCC.Cc1ccc(-c2ccc(CC=O)c(C)c2)cc1.N#CCN. The third kappa shape index (κ3) is 12.5. The molecule has 0 saturated heterocycles. The number of carbonyl (C=O) groups is 1. The molecule has 2 aromatic rings. The minimum Gasteiger partial charge on any atom is -0.318 e. The van der Waals surface area contributed by atoms with Crippen LogP contribution in [0.2, 0.25) is 0 Å². The van der Waals surface area contributed by atoms with Crippen LogP contribution in [-0.2, 0) is 11.2 Å². The van der Waals surface area contributed by atoms with Crippen molar-refractivity contribution in [3.05, 3.63) is 59.2 Å². The summed E-state index contributed by atoms with van der Waals surface area (Å²) in [5, 5.41) is 7.50. The standard InChI is InChI=1S/C16H16O.C4H10.C2H4N2.C2H6/c1-12-3-5-15(6-4-12)16-8-7-14(9-10-17)13(2)11-16;1-3-4-2;3-1-2-4;1-2/h3-8,10-11H,9H2,1-2H3;3-4H2,1-2H3;1,3H2;1-2H3. The lowest BCUT2D eigenvalue weighted by Crippen LogP contribution is -1.91. The second-order valence-corrected chi connectivity index (χ2v) is 5.74. The molecule has 0 fully saturated rings. The van der Waals surface area contributed by atoms with Gasteiger partial charge in [-0.25, -0.2) is 0 Å². The summed E-state index contributed by atoms with van der Waals surface area (Å²) in [5.41, 5.74) is 10.6. The van der Waals surface area contributed by atoms with Crippen molar-refractivity contribution < 1.29 is 4.79 Å². The van der Waals surface area contributed by atoms with Gasteiger partial charge in [0.1, 0.15) is 6.29 Å². The van der Waals surface area contributed by atoms with Gasteiger partial charge in [-0.1, -0.05) is 88.6 Å². The molecular formula is C24H36N2O. The van der Waals surface area contributed by atoms with E-state index in [1.165, 1.54) is 35.1 Å². The number of rotatable bonds is 4. The zero-order chi connectivity index (χ0) is 21.1. The second kappa shape index (κ2) is 18.4. The number of benzene rings is 2. The fourth-order valence-electron chi connectivity index (χ4n) is 1.94. The van der Waals surface area contributed by atoms with Gasteiger partial charge in [0.25, 0.3) is 0 Å². The highest BCUT2D eigenvalue weighted by Gasteiger charge is 2.01. The van der Waals surface area contributed by atoms with Crippen LogP contribution in [-0.4, -0.2) is 12.8 Å². The predicted octanol–water partition coefficient (Wildman–Crippen LogP) is 6.01. The van der Waals surface area contributed by atoms with Gasteiger partial charge in [0, 0.05) is 6.42 Å². The molecule has 27 heavy (non-hydrogen) atoms. The van der Waals surface area contributed by atoms with E-state index in [1.54, 1.807) is 6.07 Å². The van der Waals surface area contributed by atoms with Crippen LogP contribution in [0.3, 0.4) is 0 Å². The Morgan fingerprint density at radius 2 is 1.44 bits per heavy atom. The molecule has 2 N–H and O–H groups in total. The lowest BCUT2D eigenvalue weighted by molar-refractivity contribution is -0.107. The molecular weight excluding hydrogens is 332 g/mol. The molecule has 0 heterocycles. The number of nitrogens with zero attached hydrogens (tertiary/aromatic N) is 1. The van der Waals surface area contributed by atoms with Crippen molar-refractivity contribution in [2.75, 3.05) is 6.54 Å².